The van der Waals surface area contributed by atoms with Crippen LogP contribution in [0.4, 0.5) is 0 Å². The van der Waals surface area contributed by atoms with Gasteiger partial charge in [0.05, 0.1) is 11.2 Å². The van der Waals surface area contributed by atoms with E-state index in [0.717, 1.165) is 18.7 Å². The number of pyridine rings is 1. The second-order valence-electron chi connectivity index (χ2n) is 5.11. The van der Waals surface area contributed by atoms with Crippen molar-refractivity contribution in [1.29, 1.82) is 0 Å². The van der Waals surface area contributed by atoms with Crippen molar-refractivity contribution in [2.75, 3.05) is 6.54 Å². The molecule has 2 rings (SSSR count). The molecular formula is C13H19ClN2O. The first kappa shape index (κ1) is 12.7. The maximum atomic E-state index is 5.94. The lowest BCUT2D eigenvalue weighted by Gasteiger charge is -2.51. The van der Waals surface area contributed by atoms with Crippen LogP contribution in [0.1, 0.15) is 27.2 Å². The Bertz CT molecular complexity index is 395. The summed E-state index contributed by atoms with van der Waals surface area (Å²) in [5, 5.41) is 4.09. The molecule has 0 radical (unpaired) electrons. The molecule has 1 N–H and O–H groups in total. The normalized spacial score (nSPS) is 26.4. The van der Waals surface area contributed by atoms with E-state index in [-0.39, 0.29) is 11.5 Å². The monoisotopic (exact) mass is 254 g/mol. The standard InChI is InChI=1S/C13H19ClN2O/c1-4-16-11-6-12(13(11,2)3)17-10-5-9(14)7-15-8-10/h5,7-8,11-12,16H,4,6H2,1-3H3. The quantitative estimate of drug-likeness (QED) is 0.897. The molecule has 17 heavy (non-hydrogen) atoms. The number of rotatable bonds is 4. The average Bonchev–Trinajstić information content (AvgIpc) is 2.28. The summed E-state index contributed by atoms with van der Waals surface area (Å²) >= 11 is 5.88. The summed E-state index contributed by atoms with van der Waals surface area (Å²) in [7, 11) is 0. The molecule has 3 nitrogen and oxygen atoms in total. The van der Waals surface area contributed by atoms with Crippen LogP contribution in [0.2, 0.25) is 5.02 Å². The highest BCUT2D eigenvalue weighted by atomic mass is 35.5. The molecule has 4 heteroatoms. The highest BCUT2D eigenvalue weighted by molar-refractivity contribution is 6.30. The topological polar surface area (TPSA) is 34.1 Å². The highest BCUT2D eigenvalue weighted by Crippen LogP contribution is 2.43. The number of halogens is 1. The first-order chi connectivity index (χ1) is 8.04. The van der Waals surface area contributed by atoms with Gasteiger partial charge in [-0.2, -0.15) is 0 Å². The minimum atomic E-state index is 0.151. The molecule has 0 spiro atoms. The maximum Gasteiger partial charge on any atom is 0.139 e. The van der Waals surface area contributed by atoms with Crippen molar-refractivity contribution in [2.24, 2.45) is 5.41 Å². The lowest BCUT2D eigenvalue weighted by atomic mass is 9.64. The van der Waals surface area contributed by atoms with Crippen LogP contribution >= 0.6 is 11.6 Å². The Kier molecular flexibility index (Phi) is 3.59. The Morgan fingerprint density at radius 3 is 2.88 bits per heavy atom. The third-order valence-corrected chi connectivity index (χ3v) is 3.79. The van der Waals surface area contributed by atoms with Gasteiger partial charge in [-0.25, -0.2) is 0 Å². The van der Waals surface area contributed by atoms with Crippen molar-refractivity contribution < 1.29 is 4.74 Å². The van der Waals surface area contributed by atoms with Crippen LogP contribution in [0.3, 0.4) is 0 Å². The number of nitrogens with zero attached hydrogens (tertiary/aromatic N) is 1. The van der Waals surface area contributed by atoms with E-state index < -0.39 is 0 Å². The molecule has 1 fully saturated rings. The summed E-state index contributed by atoms with van der Waals surface area (Å²) in [5.41, 5.74) is 0.151. The van der Waals surface area contributed by atoms with Crippen LogP contribution in [0.5, 0.6) is 5.75 Å². The van der Waals surface area contributed by atoms with E-state index in [1.54, 1.807) is 12.4 Å². The van der Waals surface area contributed by atoms with Crippen LogP contribution in [0.25, 0.3) is 0 Å². The Labute approximate surface area is 108 Å². The van der Waals surface area contributed by atoms with Crippen molar-refractivity contribution >= 4 is 11.6 Å². The number of hydrogen-bond donors (Lipinski definition) is 1. The second kappa shape index (κ2) is 4.83. The van der Waals surface area contributed by atoms with Crippen molar-refractivity contribution in [1.82, 2.24) is 10.3 Å². The predicted molar refractivity (Wildman–Crippen MR) is 69.5 cm³/mol. The van der Waals surface area contributed by atoms with Gasteiger partial charge in [0.15, 0.2) is 0 Å². The number of hydrogen-bond acceptors (Lipinski definition) is 3. The molecule has 2 unspecified atom stereocenters. The van der Waals surface area contributed by atoms with Gasteiger partial charge in [0.1, 0.15) is 11.9 Å². The molecule has 1 aromatic rings. The van der Waals surface area contributed by atoms with Gasteiger partial charge < -0.3 is 10.1 Å². The summed E-state index contributed by atoms with van der Waals surface area (Å²) in [5.74, 6) is 0.755. The molecule has 0 saturated heterocycles. The smallest absolute Gasteiger partial charge is 0.139 e. The number of nitrogens with one attached hydrogen (secondary N) is 1. The Morgan fingerprint density at radius 2 is 2.29 bits per heavy atom. The third-order valence-electron chi connectivity index (χ3n) is 3.59. The van der Waals surface area contributed by atoms with Gasteiger partial charge in [-0.3, -0.25) is 4.98 Å². The van der Waals surface area contributed by atoms with Crippen molar-refractivity contribution in [3.05, 3.63) is 23.5 Å². The average molecular weight is 255 g/mol. The van der Waals surface area contributed by atoms with Crippen molar-refractivity contribution in [2.45, 2.75) is 39.3 Å². The van der Waals surface area contributed by atoms with Crippen LogP contribution in [-0.2, 0) is 0 Å². The highest BCUT2D eigenvalue weighted by Gasteiger charge is 2.49. The first-order valence-corrected chi connectivity index (χ1v) is 6.42. The van der Waals surface area contributed by atoms with Crippen molar-refractivity contribution in [3.8, 4) is 5.75 Å². The van der Waals surface area contributed by atoms with Gasteiger partial charge in [0.2, 0.25) is 0 Å². The lowest BCUT2D eigenvalue weighted by Crippen LogP contribution is -2.62. The Morgan fingerprint density at radius 1 is 1.53 bits per heavy atom. The summed E-state index contributed by atoms with van der Waals surface area (Å²) < 4.78 is 5.94. The first-order valence-electron chi connectivity index (χ1n) is 6.04. The van der Waals surface area contributed by atoms with E-state index in [1.807, 2.05) is 6.07 Å². The number of aromatic nitrogens is 1. The lowest BCUT2D eigenvalue weighted by molar-refractivity contribution is -0.0542. The summed E-state index contributed by atoms with van der Waals surface area (Å²) in [6.45, 7) is 7.59. The van der Waals surface area contributed by atoms with Gasteiger partial charge in [0, 0.05) is 30.1 Å². The summed E-state index contributed by atoms with van der Waals surface area (Å²) in [6, 6.07) is 2.34. The van der Waals surface area contributed by atoms with E-state index in [0.29, 0.717) is 11.1 Å². The minimum Gasteiger partial charge on any atom is -0.488 e. The van der Waals surface area contributed by atoms with E-state index in [9.17, 15) is 0 Å². The fourth-order valence-corrected chi connectivity index (χ4v) is 2.46. The van der Waals surface area contributed by atoms with Gasteiger partial charge in [-0.05, 0) is 6.54 Å². The zero-order valence-corrected chi connectivity index (χ0v) is 11.3. The zero-order chi connectivity index (χ0) is 12.5. The van der Waals surface area contributed by atoms with Gasteiger partial charge in [-0.1, -0.05) is 32.4 Å². The van der Waals surface area contributed by atoms with Crippen LogP contribution in [-0.4, -0.2) is 23.7 Å². The minimum absolute atomic E-state index is 0.151. The van der Waals surface area contributed by atoms with Gasteiger partial charge >= 0.3 is 0 Å². The van der Waals surface area contributed by atoms with Crippen LogP contribution in [0, 0.1) is 5.41 Å². The van der Waals surface area contributed by atoms with Gasteiger partial charge in [-0.15, -0.1) is 0 Å². The predicted octanol–water partition coefficient (Wildman–Crippen LogP) is 2.89. The molecule has 0 aromatic carbocycles. The Hall–Kier alpha value is -0.800. The van der Waals surface area contributed by atoms with E-state index >= 15 is 0 Å². The van der Waals surface area contributed by atoms with E-state index in [2.05, 4.69) is 31.1 Å². The largest absolute Gasteiger partial charge is 0.488 e. The third kappa shape index (κ3) is 2.55. The van der Waals surface area contributed by atoms with Crippen molar-refractivity contribution in [3.63, 3.8) is 0 Å². The molecule has 1 saturated carbocycles. The second-order valence-corrected chi connectivity index (χ2v) is 5.55. The molecule has 94 valence electrons. The number of ether oxygens (including phenoxy) is 1. The van der Waals surface area contributed by atoms with E-state index in [4.69, 9.17) is 16.3 Å². The fourth-order valence-electron chi connectivity index (χ4n) is 2.30. The SMILES string of the molecule is CCNC1CC(Oc2cncc(Cl)c2)C1(C)C. The molecule has 1 aliphatic rings. The summed E-state index contributed by atoms with van der Waals surface area (Å²) in [6.07, 6.45) is 4.59. The maximum absolute atomic E-state index is 5.94. The molecule has 2 atom stereocenters. The molecular weight excluding hydrogens is 236 g/mol. The van der Waals surface area contributed by atoms with Crippen LogP contribution < -0.4 is 10.1 Å². The summed E-state index contributed by atoms with van der Waals surface area (Å²) in [4.78, 5) is 4.03. The molecule has 0 bridgehead atoms. The molecule has 0 amide bonds. The molecule has 1 aliphatic carbocycles. The van der Waals surface area contributed by atoms with E-state index in [1.165, 1.54) is 0 Å². The molecule has 1 aromatic heterocycles. The Balaban J connectivity index is 1.98. The molecule has 0 aliphatic heterocycles. The fraction of sp³-hybridized carbons (Fsp3) is 0.615. The van der Waals surface area contributed by atoms with Crippen LogP contribution in [0.15, 0.2) is 18.5 Å². The zero-order valence-electron chi connectivity index (χ0n) is 10.5. The van der Waals surface area contributed by atoms with Gasteiger partial charge in [0.25, 0.3) is 0 Å². The molecule has 1 heterocycles.